The highest BCUT2D eigenvalue weighted by atomic mass is 16.5. The first-order chi connectivity index (χ1) is 13.2. The van der Waals surface area contributed by atoms with Gasteiger partial charge in [-0.1, -0.05) is 12.1 Å². The first-order valence-electron chi connectivity index (χ1n) is 9.66. The fourth-order valence-corrected chi connectivity index (χ4v) is 3.53. The molecule has 0 aliphatic carbocycles. The van der Waals surface area contributed by atoms with Crippen molar-refractivity contribution in [2.45, 2.75) is 31.9 Å². The van der Waals surface area contributed by atoms with E-state index >= 15 is 0 Å². The zero-order valence-corrected chi connectivity index (χ0v) is 16.2. The third kappa shape index (κ3) is 5.68. The van der Waals surface area contributed by atoms with Crippen LogP contribution in [0.2, 0.25) is 0 Å². The molecule has 3 rings (SSSR count). The van der Waals surface area contributed by atoms with Crippen LogP contribution >= 0.6 is 0 Å². The van der Waals surface area contributed by atoms with Crippen LogP contribution in [0.15, 0.2) is 29.3 Å². The highest BCUT2D eigenvalue weighted by molar-refractivity contribution is 5.94. The molecule has 0 bridgehead atoms. The topological polar surface area (TPSA) is 75.2 Å². The standard InChI is InChI=1S/C20H30N4O3/c1-21-20(24(2)13-16-8-10-26-14-16)22-12-15-5-3-6-17(11-15)23-19(25)18-7-4-9-27-18/h3,5-6,11,16,18H,4,7-10,12-14H2,1-2H3,(H,21,22)(H,23,25). The van der Waals surface area contributed by atoms with E-state index in [1.54, 1.807) is 7.05 Å². The van der Waals surface area contributed by atoms with E-state index in [4.69, 9.17) is 9.47 Å². The predicted octanol–water partition coefficient (Wildman–Crippen LogP) is 1.85. The number of carbonyl (C=O) groups is 1. The summed E-state index contributed by atoms with van der Waals surface area (Å²) >= 11 is 0. The van der Waals surface area contributed by atoms with Gasteiger partial charge in [0.2, 0.25) is 0 Å². The molecule has 148 valence electrons. The zero-order chi connectivity index (χ0) is 19.1. The lowest BCUT2D eigenvalue weighted by atomic mass is 10.1. The average Bonchev–Trinajstić information content (AvgIpc) is 3.36. The highest BCUT2D eigenvalue weighted by Crippen LogP contribution is 2.17. The second-order valence-electron chi connectivity index (χ2n) is 7.20. The molecule has 7 heteroatoms. The molecule has 1 amide bonds. The maximum Gasteiger partial charge on any atom is 0.253 e. The van der Waals surface area contributed by atoms with E-state index in [9.17, 15) is 4.79 Å². The van der Waals surface area contributed by atoms with Crippen molar-refractivity contribution >= 4 is 17.6 Å². The number of guanidine groups is 1. The van der Waals surface area contributed by atoms with E-state index in [1.807, 2.05) is 31.3 Å². The van der Waals surface area contributed by atoms with Crippen molar-refractivity contribution in [2.24, 2.45) is 10.9 Å². The van der Waals surface area contributed by atoms with Gasteiger partial charge in [-0.15, -0.1) is 0 Å². The summed E-state index contributed by atoms with van der Waals surface area (Å²) in [5, 5.41) is 6.34. The summed E-state index contributed by atoms with van der Waals surface area (Å²) in [6.45, 7) is 3.92. The van der Waals surface area contributed by atoms with Crippen LogP contribution in [0, 0.1) is 5.92 Å². The maximum absolute atomic E-state index is 12.2. The summed E-state index contributed by atoms with van der Waals surface area (Å²) in [6, 6.07) is 7.87. The van der Waals surface area contributed by atoms with Gasteiger partial charge in [-0.2, -0.15) is 0 Å². The summed E-state index contributed by atoms with van der Waals surface area (Å²) in [5.41, 5.74) is 1.88. The summed E-state index contributed by atoms with van der Waals surface area (Å²) in [7, 11) is 3.84. The molecule has 2 unspecified atom stereocenters. The van der Waals surface area contributed by atoms with Gasteiger partial charge in [-0.05, 0) is 37.0 Å². The maximum atomic E-state index is 12.2. The zero-order valence-electron chi connectivity index (χ0n) is 16.2. The van der Waals surface area contributed by atoms with E-state index in [0.29, 0.717) is 19.1 Å². The smallest absolute Gasteiger partial charge is 0.253 e. The Balaban J connectivity index is 1.51. The molecule has 2 heterocycles. The summed E-state index contributed by atoms with van der Waals surface area (Å²) < 4.78 is 10.9. The van der Waals surface area contributed by atoms with Gasteiger partial charge in [-0.3, -0.25) is 9.79 Å². The molecule has 2 fully saturated rings. The molecule has 2 aliphatic heterocycles. The van der Waals surface area contributed by atoms with Crippen LogP contribution in [0.3, 0.4) is 0 Å². The molecule has 0 spiro atoms. The van der Waals surface area contributed by atoms with Crippen LogP contribution in [0.5, 0.6) is 0 Å². The second kappa shape index (κ2) is 9.71. The van der Waals surface area contributed by atoms with Crippen molar-refractivity contribution in [1.29, 1.82) is 0 Å². The molecule has 0 saturated carbocycles. The molecule has 2 N–H and O–H groups in total. The first kappa shape index (κ1) is 19.6. The number of nitrogens with zero attached hydrogens (tertiary/aromatic N) is 2. The Morgan fingerprint density at radius 3 is 2.93 bits per heavy atom. The lowest BCUT2D eigenvalue weighted by Crippen LogP contribution is -2.41. The van der Waals surface area contributed by atoms with E-state index in [1.165, 1.54) is 0 Å². The Kier molecular flexibility index (Phi) is 7.06. The predicted molar refractivity (Wildman–Crippen MR) is 106 cm³/mol. The van der Waals surface area contributed by atoms with Crippen LogP contribution < -0.4 is 10.6 Å². The number of carbonyl (C=O) groups excluding carboxylic acids is 1. The largest absolute Gasteiger partial charge is 0.381 e. The molecule has 2 saturated heterocycles. The summed E-state index contributed by atoms with van der Waals surface area (Å²) in [4.78, 5) is 18.7. The minimum Gasteiger partial charge on any atom is -0.381 e. The van der Waals surface area contributed by atoms with Crippen molar-refractivity contribution in [1.82, 2.24) is 10.2 Å². The van der Waals surface area contributed by atoms with Gasteiger partial charge in [0.05, 0.1) is 6.61 Å². The molecule has 27 heavy (non-hydrogen) atoms. The lowest BCUT2D eigenvalue weighted by molar-refractivity contribution is -0.124. The van der Waals surface area contributed by atoms with E-state index in [-0.39, 0.29) is 12.0 Å². The van der Waals surface area contributed by atoms with Crippen molar-refractivity contribution in [3.8, 4) is 0 Å². The number of aliphatic imine (C=N–C) groups is 1. The molecule has 1 aromatic carbocycles. The number of anilines is 1. The van der Waals surface area contributed by atoms with Crippen LogP contribution in [0.25, 0.3) is 0 Å². The van der Waals surface area contributed by atoms with E-state index < -0.39 is 0 Å². The number of nitrogens with one attached hydrogen (secondary N) is 2. The fraction of sp³-hybridized carbons (Fsp3) is 0.600. The molecule has 1 aromatic rings. The summed E-state index contributed by atoms with van der Waals surface area (Å²) in [5.74, 6) is 1.35. The Morgan fingerprint density at radius 1 is 1.33 bits per heavy atom. The van der Waals surface area contributed by atoms with Gasteiger partial charge in [0.1, 0.15) is 6.10 Å². The Bertz CT molecular complexity index is 652. The van der Waals surface area contributed by atoms with Crippen LogP contribution in [-0.4, -0.2) is 63.3 Å². The highest BCUT2D eigenvalue weighted by Gasteiger charge is 2.23. The minimum atomic E-state index is -0.321. The molecule has 2 atom stereocenters. The Hall–Kier alpha value is -2.12. The van der Waals surface area contributed by atoms with Crippen LogP contribution in [0.1, 0.15) is 24.8 Å². The molecule has 2 aliphatic rings. The lowest BCUT2D eigenvalue weighted by Gasteiger charge is -2.24. The van der Waals surface area contributed by atoms with Crippen molar-refractivity contribution in [2.75, 3.05) is 45.8 Å². The van der Waals surface area contributed by atoms with Gasteiger partial charge in [0, 0.05) is 52.0 Å². The van der Waals surface area contributed by atoms with Gasteiger partial charge < -0.3 is 25.0 Å². The van der Waals surface area contributed by atoms with E-state index in [2.05, 4.69) is 20.5 Å². The number of ether oxygens (including phenoxy) is 2. The van der Waals surface area contributed by atoms with Gasteiger partial charge in [-0.25, -0.2) is 0 Å². The number of hydrogen-bond acceptors (Lipinski definition) is 4. The molecule has 0 radical (unpaired) electrons. The Labute approximate surface area is 161 Å². The van der Waals surface area contributed by atoms with Crippen molar-refractivity contribution in [3.63, 3.8) is 0 Å². The number of benzene rings is 1. The van der Waals surface area contributed by atoms with E-state index in [0.717, 1.165) is 56.2 Å². The first-order valence-corrected chi connectivity index (χ1v) is 9.66. The third-order valence-electron chi connectivity index (χ3n) is 5.00. The average molecular weight is 374 g/mol. The quantitative estimate of drug-likeness (QED) is 0.587. The minimum absolute atomic E-state index is 0.0630. The van der Waals surface area contributed by atoms with Crippen molar-refractivity contribution < 1.29 is 14.3 Å². The van der Waals surface area contributed by atoms with Gasteiger partial charge in [0.15, 0.2) is 5.96 Å². The van der Waals surface area contributed by atoms with Gasteiger partial charge in [0.25, 0.3) is 5.91 Å². The van der Waals surface area contributed by atoms with Gasteiger partial charge >= 0.3 is 0 Å². The monoisotopic (exact) mass is 374 g/mol. The SMILES string of the molecule is CN=C(NCc1cccc(NC(=O)C2CCCO2)c1)N(C)CC1CCOC1. The van der Waals surface area contributed by atoms with Crippen LogP contribution in [-0.2, 0) is 20.8 Å². The molecule has 0 aromatic heterocycles. The summed E-state index contributed by atoms with van der Waals surface area (Å²) in [6.07, 6.45) is 2.52. The number of rotatable bonds is 6. The molecular formula is C20H30N4O3. The van der Waals surface area contributed by atoms with Crippen molar-refractivity contribution in [3.05, 3.63) is 29.8 Å². The third-order valence-corrected chi connectivity index (χ3v) is 5.00. The number of amides is 1. The fourth-order valence-electron chi connectivity index (χ4n) is 3.53. The normalized spacial score (nSPS) is 22.7. The molecular weight excluding hydrogens is 344 g/mol. The van der Waals surface area contributed by atoms with Crippen LogP contribution in [0.4, 0.5) is 5.69 Å². The Morgan fingerprint density at radius 2 is 2.22 bits per heavy atom. The molecule has 7 nitrogen and oxygen atoms in total. The second-order valence-corrected chi connectivity index (χ2v) is 7.20. The number of hydrogen-bond donors (Lipinski definition) is 2.